The molecule has 104 valence electrons. The molecular formula is C14H12INO3S. The zero-order valence-electron chi connectivity index (χ0n) is 10.4. The molecule has 20 heavy (non-hydrogen) atoms. The van der Waals surface area contributed by atoms with E-state index < -0.39 is 5.97 Å². The van der Waals surface area contributed by atoms with Gasteiger partial charge in [-0.2, -0.15) is 0 Å². The van der Waals surface area contributed by atoms with Crippen LogP contribution in [0.1, 0.15) is 22.3 Å². The molecule has 0 fully saturated rings. The number of aliphatic carboxylic acids is 1. The van der Waals surface area contributed by atoms with Crippen LogP contribution in [-0.2, 0) is 11.2 Å². The number of amides is 1. The molecule has 0 saturated heterocycles. The Balaban J connectivity index is 2.12. The first kappa shape index (κ1) is 15.0. The number of carboxylic acids is 1. The summed E-state index contributed by atoms with van der Waals surface area (Å²) >= 11 is 3.68. The van der Waals surface area contributed by atoms with Gasteiger partial charge in [0.15, 0.2) is 0 Å². The van der Waals surface area contributed by atoms with Crippen molar-refractivity contribution in [2.75, 3.05) is 5.32 Å². The standard InChI is InChI=1S/C14H12INO3S/c15-12-7-10(8-20-12)14(19)16-11-4-2-1-3-9(11)5-6-13(17)18/h1-4,7-8H,5-6H2,(H,16,19)(H,17,18). The molecule has 1 heterocycles. The van der Waals surface area contributed by atoms with Crippen LogP contribution in [0.25, 0.3) is 0 Å². The van der Waals surface area contributed by atoms with Crippen LogP contribution in [0.2, 0.25) is 0 Å². The van der Waals surface area contributed by atoms with Crippen molar-refractivity contribution < 1.29 is 14.7 Å². The molecule has 0 saturated carbocycles. The van der Waals surface area contributed by atoms with Crippen LogP contribution in [0, 0.1) is 2.88 Å². The number of benzene rings is 1. The first-order valence-corrected chi connectivity index (χ1v) is 7.87. The molecule has 2 rings (SSSR count). The van der Waals surface area contributed by atoms with Crippen molar-refractivity contribution in [2.45, 2.75) is 12.8 Å². The summed E-state index contributed by atoms with van der Waals surface area (Å²) in [5.74, 6) is -1.02. The maximum Gasteiger partial charge on any atom is 0.303 e. The molecule has 0 aliphatic rings. The third kappa shape index (κ3) is 4.04. The van der Waals surface area contributed by atoms with Gasteiger partial charge in [-0.25, -0.2) is 0 Å². The molecule has 1 aromatic heterocycles. The van der Waals surface area contributed by atoms with Crippen molar-refractivity contribution in [3.8, 4) is 0 Å². The molecule has 0 unspecified atom stereocenters. The maximum absolute atomic E-state index is 12.1. The fraction of sp³-hybridized carbons (Fsp3) is 0.143. The average Bonchev–Trinajstić information content (AvgIpc) is 2.84. The summed E-state index contributed by atoms with van der Waals surface area (Å²) in [6.07, 6.45) is 0.441. The molecule has 0 radical (unpaired) electrons. The molecule has 2 aromatic rings. The second kappa shape index (κ2) is 6.85. The highest BCUT2D eigenvalue weighted by molar-refractivity contribution is 14.1. The predicted octanol–water partition coefficient (Wildman–Crippen LogP) is 3.62. The topological polar surface area (TPSA) is 66.4 Å². The number of nitrogens with one attached hydrogen (secondary N) is 1. The molecule has 1 amide bonds. The summed E-state index contributed by atoms with van der Waals surface area (Å²) in [7, 11) is 0. The molecule has 0 aliphatic heterocycles. The molecule has 0 aliphatic carbocycles. The number of carbonyl (C=O) groups is 2. The quantitative estimate of drug-likeness (QED) is 0.753. The van der Waals surface area contributed by atoms with E-state index in [4.69, 9.17) is 5.11 Å². The zero-order valence-corrected chi connectivity index (χ0v) is 13.4. The lowest BCUT2D eigenvalue weighted by atomic mass is 10.1. The van der Waals surface area contributed by atoms with Crippen molar-refractivity contribution >= 4 is 51.5 Å². The lowest BCUT2D eigenvalue weighted by Crippen LogP contribution is -2.12. The Labute approximate surface area is 134 Å². The van der Waals surface area contributed by atoms with Gasteiger partial charge in [-0.05, 0) is 46.7 Å². The fourth-order valence-electron chi connectivity index (χ4n) is 1.73. The number of thiophene rings is 1. The second-order valence-corrected chi connectivity index (χ2v) is 6.95. The first-order chi connectivity index (χ1) is 9.56. The van der Waals surface area contributed by atoms with Gasteiger partial charge in [-0.1, -0.05) is 18.2 Å². The smallest absolute Gasteiger partial charge is 0.303 e. The molecule has 4 nitrogen and oxygen atoms in total. The van der Waals surface area contributed by atoms with Gasteiger partial charge in [-0.3, -0.25) is 9.59 Å². The van der Waals surface area contributed by atoms with Crippen LogP contribution in [0.3, 0.4) is 0 Å². The van der Waals surface area contributed by atoms with Gasteiger partial charge in [0.05, 0.1) is 8.45 Å². The van der Waals surface area contributed by atoms with Gasteiger partial charge in [0, 0.05) is 17.5 Å². The number of rotatable bonds is 5. The van der Waals surface area contributed by atoms with Crippen LogP contribution >= 0.6 is 33.9 Å². The van der Waals surface area contributed by atoms with Crippen molar-refractivity contribution in [3.05, 3.63) is 49.7 Å². The van der Waals surface area contributed by atoms with Crippen LogP contribution in [0.4, 0.5) is 5.69 Å². The molecule has 2 N–H and O–H groups in total. The van der Waals surface area contributed by atoms with Crippen LogP contribution < -0.4 is 5.32 Å². The summed E-state index contributed by atoms with van der Waals surface area (Å²) in [5.41, 5.74) is 2.11. The van der Waals surface area contributed by atoms with Gasteiger partial charge in [0.2, 0.25) is 0 Å². The third-order valence-corrected chi connectivity index (χ3v) is 4.49. The van der Waals surface area contributed by atoms with Crippen molar-refractivity contribution in [1.82, 2.24) is 0 Å². The van der Waals surface area contributed by atoms with Crippen LogP contribution in [0.15, 0.2) is 35.7 Å². The minimum Gasteiger partial charge on any atom is -0.481 e. The van der Waals surface area contributed by atoms with E-state index in [1.54, 1.807) is 11.4 Å². The number of para-hydroxylation sites is 1. The predicted molar refractivity (Wildman–Crippen MR) is 87.4 cm³/mol. The largest absolute Gasteiger partial charge is 0.481 e. The van der Waals surface area contributed by atoms with Crippen molar-refractivity contribution in [2.24, 2.45) is 0 Å². The van der Waals surface area contributed by atoms with E-state index in [2.05, 4.69) is 27.9 Å². The second-order valence-electron chi connectivity index (χ2n) is 4.14. The van der Waals surface area contributed by atoms with Gasteiger partial charge < -0.3 is 10.4 Å². The normalized spacial score (nSPS) is 10.2. The monoisotopic (exact) mass is 401 g/mol. The number of carbonyl (C=O) groups excluding carboxylic acids is 1. The first-order valence-electron chi connectivity index (χ1n) is 5.91. The molecule has 6 heteroatoms. The fourth-order valence-corrected chi connectivity index (χ4v) is 3.05. The molecular weight excluding hydrogens is 389 g/mol. The highest BCUT2D eigenvalue weighted by atomic mass is 127. The van der Waals surface area contributed by atoms with E-state index in [1.165, 1.54) is 11.3 Å². The van der Waals surface area contributed by atoms with Gasteiger partial charge >= 0.3 is 5.97 Å². The van der Waals surface area contributed by atoms with Gasteiger partial charge in [-0.15, -0.1) is 11.3 Å². The minimum atomic E-state index is -0.849. The molecule has 0 bridgehead atoms. The van der Waals surface area contributed by atoms with E-state index in [-0.39, 0.29) is 12.3 Å². The lowest BCUT2D eigenvalue weighted by Gasteiger charge is -2.09. The summed E-state index contributed by atoms with van der Waals surface area (Å²) in [6, 6.07) is 9.08. The Hall–Kier alpha value is -1.41. The molecule has 1 aromatic carbocycles. The Kier molecular flexibility index (Phi) is 5.13. The highest BCUT2D eigenvalue weighted by Gasteiger charge is 2.11. The summed E-state index contributed by atoms with van der Waals surface area (Å²) < 4.78 is 1.05. The highest BCUT2D eigenvalue weighted by Crippen LogP contribution is 2.21. The van der Waals surface area contributed by atoms with Crippen molar-refractivity contribution in [3.63, 3.8) is 0 Å². The zero-order chi connectivity index (χ0) is 14.5. The van der Waals surface area contributed by atoms with E-state index in [9.17, 15) is 9.59 Å². The minimum absolute atomic E-state index is 0.0449. The SMILES string of the molecule is O=C(O)CCc1ccccc1NC(=O)c1csc(I)c1. The van der Waals surface area contributed by atoms with Gasteiger partial charge in [0.25, 0.3) is 5.91 Å². The lowest BCUT2D eigenvalue weighted by molar-refractivity contribution is -0.136. The summed E-state index contributed by atoms with van der Waals surface area (Å²) in [4.78, 5) is 22.7. The van der Waals surface area contributed by atoms with E-state index in [1.807, 2.05) is 24.3 Å². The number of halogens is 1. The Morgan fingerprint density at radius 1 is 1.30 bits per heavy atom. The van der Waals surface area contributed by atoms with E-state index in [0.717, 1.165) is 8.45 Å². The molecule has 0 spiro atoms. The molecule has 0 atom stereocenters. The summed E-state index contributed by atoms with van der Waals surface area (Å²) in [5, 5.41) is 13.4. The number of anilines is 1. The average molecular weight is 401 g/mol. The number of hydrogen-bond donors (Lipinski definition) is 2. The third-order valence-electron chi connectivity index (χ3n) is 2.70. The maximum atomic E-state index is 12.1. The number of aryl methyl sites for hydroxylation is 1. The number of carboxylic acid groups (broad SMARTS) is 1. The van der Waals surface area contributed by atoms with Crippen LogP contribution in [-0.4, -0.2) is 17.0 Å². The van der Waals surface area contributed by atoms with Crippen LogP contribution in [0.5, 0.6) is 0 Å². The van der Waals surface area contributed by atoms with Crippen molar-refractivity contribution in [1.29, 1.82) is 0 Å². The van der Waals surface area contributed by atoms with E-state index in [0.29, 0.717) is 17.7 Å². The summed E-state index contributed by atoms with van der Waals surface area (Å²) in [6.45, 7) is 0. The van der Waals surface area contributed by atoms with E-state index >= 15 is 0 Å². The number of hydrogen-bond acceptors (Lipinski definition) is 3. The van der Waals surface area contributed by atoms with Gasteiger partial charge in [0.1, 0.15) is 0 Å². The Bertz CT molecular complexity index is 639. The Morgan fingerprint density at radius 2 is 2.05 bits per heavy atom. The Morgan fingerprint density at radius 3 is 2.70 bits per heavy atom.